The third-order valence-corrected chi connectivity index (χ3v) is 7.04. The molecule has 0 saturated carbocycles. The molecule has 0 aliphatic carbocycles. The summed E-state index contributed by atoms with van der Waals surface area (Å²) in [7, 11) is 0. The number of amides is 2. The van der Waals surface area contributed by atoms with Gasteiger partial charge in [-0.05, 0) is 61.4 Å². The molecule has 0 aromatic heterocycles. The highest BCUT2D eigenvalue weighted by atomic mass is 32.2. The zero-order chi connectivity index (χ0) is 26.3. The summed E-state index contributed by atoms with van der Waals surface area (Å²) in [6, 6.07) is 30.5. The highest BCUT2D eigenvalue weighted by molar-refractivity contribution is 7.97. The topological polar surface area (TPSA) is 70.2 Å². The van der Waals surface area contributed by atoms with Crippen LogP contribution in [-0.4, -0.2) is 23.4 Å². The van der Waals surface area contributed by atoms with Gasteiger partial charge < -0.3 is 10.6 Å². The second-order valence-electron chi connectivity index (χ2n) is 10.1. The maximum Gasteiger partial charge on any atom is 0.247 e. The maximum absolute atomic E-state index is 13.5. The van der Waals surface area contributed by atoms with Crippen molar-refractivity contribution < 1.29 is 9.59 Å². The minimum absolute atomic E-state index is 0.0404. The van der Waals surface area contributed by atoms with Gasteiger partial charge in [-0.1, -0.05) is 84.9 Å². The molecule has 3 N–H and O–H groups in total. The van der Waals surface area contributed by atoms with E-state index in [-0.39, 0.29) is 23.8 Å². The van der Waals surface area contributed by atoms with Gasteiger partial charge in [-0.3, -0.25) is 14.3 Å². The molecule has 190 valence electrons. The van der Waals surface area contributed by atoms with E-state index in [2.05, 4.69) is 48.3 Å². The lowest BCUT2D eigenvalue weighted by Gasteiger charge is -2.21. The van der Waals surface area contributed by atoms with Crippen molar-refractivity contribution in [2.24, 2.45) is 0 Å². The van der Waals surface area contributed by atoms with Crippen LogP contribution in [0.3, 0.4) is 0 Å². The van der Waals surface area contributed by atoms with Crippen molar-refractivity contribution in [3.63, 3.8) is 0 Å². The molecule has 5 nitrogen and oxygen atoms in total. The highest BCUT2D eigenvalue weighted by Crippen LogP contribution is 2.32. The monoisotopic (exact) mass is 511 g/mol. The molecule has 0 spiro atoms. The Labute approximate surface area is 223 Å². The Morgan fingerprint density at radius 1 is 0.757 bits per heavy atom. The van der Waals surface area contributed by atoms with Crippen LogP contribution in [0.5, 0.6) is 0 Å². The SMILES string of the molecule is CC(C)(C)NSc1cccc2c(NC(=O)[C@H](Cc3ccccc3)NC(=O)Cc3ccccc3)cccc12. The summed E-state index contributed by atoms with van der Waals surface area (Å²) in [4.78, 5) is 27.5. The molecule has 37 heavy (non-hydrogen) atoms. The quantitative estimate of drug-likeness (QED) is 0.236. The van der Waals surface area contributed by atoms with E-state index in [1.165, 1.54) is 0 Å². The van der Waals surface area contributed by atoms with Gasteiger partial charge in [0.1, 0.15) is 6.04 Å². The number of carbonyl (C=O) groups is 2. The predicted octanol–water partition coefficient (Wildman–Crippen LogP) is 6.14. The Hall–Kier alpha value is -3.61. The van der Waals surface area contributed by atoms with Crippen LogP contribution in [0.25, 0.3) is 10.8 Å². The van der Waals surface area contributed by atoms with E-state index < -0.39 is 6.04 Å². The number of hydrogen-bond acceptors (Lipinski definition) is 4. The molecule has 0 bridgehead atoms. The molecule has 1 atom stereocenters. The summed E-state index contributed by atoms with van der Waals surface area (Å²) < 4.78 is 3.46. The van der Waals surface area contributed by atoms with Crippen LogP contribution in [0.1, 0.15) is 31.9 Å². The van der Waals surface area contributed by atoms with Crippen molar-refractivity contribution in [2.45, 2.75) is 50.1 Å². The summed E-state index contributed by atoms with van der Waals surface area (Å²) in [5.41, 5.74) is 2.56. The van der Waals surface area contributed by atoms with Crippen LogP contribution >= 0.6 is 11.9 Å². The van der Waals surface area contributed by atoms with Crippen LogP contribution in [0.15, 0.2) is 102 Å². The number of fused-ring (bicyclic) bond motifs is 1. The van der Waals surface area contributed by atoms with Crippen molar-refractivity contribution in [2.75, 3.05) is 5.32 Å². The van der Waals surface area contributed by atoms with Gasteiger partial charge >= 0.3 is 0 Å². The summed E-state index contributed by atoms with van der Waals surface area (Å²) in [6.45, 7) is 6.36. The van der Waals surface area contributed by atoms with Gasteiger partial charge in [-0.25, -0.2) is 0 Å². The first-order valence-corrected chi connectivity index (χ1v) is 13.2. The van der Waals surface area contributed by atoms with E-state index >= 15 is 0 Å². The van der Waals surface area contributed by atoms with Crippen molar-refractivity contribution in [3.8, 4) is 0 Å². The molecular weight excluding hydrogens is 478 g/mol. The first-order chi connectivity index (χ1) is 17.8. The molecule has 0 heterocycles. The van der Waals surface area contributed by atoms with Crippen LogP contribution in [0.2, 0.25) is 0 Å². The molecule has 0 aliphatic rings. The molecule has 4 rings (SSSR count). The molecular formula is C31H33N3O2S. The van der Waals surface area contributed by atoms with Crippen LogP contribution < -0.4 is 15.4 Å². The van der Waals surface area contributed by atoms with Gasteiger partial charge in [0.25, 0.3) is 0 Å². The van der Waals surface area contributed by atoms with Gasteiger partial charge in [0.2, 0.25) is 11.8 Å². The normalized spacial score (nSPS) is 12.2. The van der Waals surface area contributed by atoms with Crippen molar-refractivity contribution in [1.82, 2.24) is 10.0 Å². The van der Waals surface area contributed by atoms with Crippen molar-refractivity contribution in [1.29, 1.82) is 0 Å². The number of benzene rings is 4. The Morgan fingerprint density at radius 2 is 1.38 bits per heavy atom. The molecule has 6 heteroatoms. The molecule has 0 aliphatic heterocycles. The third-order valence-electron chi connectivity index (χ3n) is 5.75. The summed E-state index contributed by atoms with van der Waals surface area (Å²) in [5, 5.41) is 8.06. The summed E-state index contributed by atoms with van der Waals surface area (Å²) in [5.74, 6) is -0.434. The first-order valence-electron chi connectivity index (χ1n) is 12.4. The second kappa shape index (κ2) is 12.1. The van der Waals surface area contributed by atoms with Crippen LogP contribution in [-0.2, 0) is 22.4 Å². The molecule has 2 amide bonds. The van der Waals surface area contributed by atoms with E-state index in [9.17, 15) is 9.59 Å². The van der Waals surface area contributed by atoms with E-state index in [4.69, 9.17) is 0 Å². The smallest absolute Gasteiger partial charge is 0.247 e. The lowest BCUT2D eigenvalue weighted by molar-refractivity contribution is -0.126. The number of anilines is 1. The van der Waals surface area contributed by atoms with Crippen LogP contribution in [0, 0.1) is 0 Å². The molecule has 4 aromatic carbocycles. The second-order valence-corrected chi connectivity index (χ2v) is 10.9. The Bertz CT molecular complexity index is 1350. The Kier molecular flexibility index (Phi) is 8.64. The number of rotatable bonds is 9. The van der Waals surface area contributed by atoms with Gasteiger partial charge in [-0.15, -0.1) is 0 Å². The predicted molar refractivity (Wildman–Crippen MR) is 154 cm³/mol. The van der Waals surface area contributed by atoms with E-state index in [1.54, 1.807) is 11.9 Å². The van der Waals surface area contributed by atoms with Gasteiger partial charge in [0, 0.05) is 27.9 Å². The fourth-order valence-corrected chi connectivity index (χ4v) is 4.84. The largest absolute Gasteiger partial charge is 0.344 e. The Morgan fingerprint density at radius 3 is 2.05 bits per heavy atom. The zero-order valence-electron chi connectivity index (χ0n) is 21.5. The first kappa shape index (κ1) is 26.5. The Balaban J connectivity index is 1.55. The molecule has 0 unspecified atom stereocenters. The number of hydrogen-bond donors (Lipinski definition) is 3. The summed E-state index contributed by atoms with van der Waals surface area (Å²) in [6.07, 6.45) is 0.615. The van der Waals surface area contributed by atoms with Gasteiger partial charge in [0.15, 0.2) is 0 Å². The average Bonchev–Trinajstić information content (AvgIpc) is 2.88. The van der Waals surface area contributed by atoms with E-state index in [0.29, 0.717) is 6.42 Å². The molecule has 0 saturated heterocycles. The zero-order valence-corrected chi connectivity index (χ0v) is 22.3. The minimum atomic E-state index is -0.714. The average molecular weight is 512 g/mol. The van der Waals surface area contributed by atoms with Crippen molar-refractivity contribution in [3.05, 3.63) is 108 Å². The fourth-order valence-electron chi connectivity index (χ4n) is 3.99. The third kappa shape index (κ3) is 7.68. The lowest BCUT2D eigenvalue weighted by Crippen LogP contribution is -2.45. The maximum atomic E-state index is 13.5. The fraction of sp³-hybridized carbons (Fsp3) is 0.226. The van der Waals surface area contributed by atoms with Crippen LogP contribution in [0.4, 0.5) is 5.69 Å². The molecule has 0 fully saturated rings. The molecule has 4 aromatic rings. The van der Waals surface area contributed by atoms with Gasteiger partial charge in [0.05, 0.1) is 6.42 Å². The van der Waals surface area contributed by atoms with E-state index in [1.807, 2.05) is 84.9 Å². The molecule has 0 radical (unpaired) electrons. The summed E-state index contributed by atoms with van der Waals surface area (Å²) >= 11 is 1.58. The number of carbonyl (C=O) groups excluding carboxylic acids is 2. The number of nitrogens with one attached hydrogen (secondary N) is 3. The standard InChI is InChI=1S/C31H33N3O2S/c1-31(2,3)34-37-28-19-11-16-24-25(28)17-10-18-26(24)33-30(36)27(20-22-12-6-4-7-13-22)32-29(35)21-23-14-8-5-9-15-23/h4-19,27,34H,20-21H2,1-3H3,(H,32,35)(H,33,36)/t27-/m0/s1. The minimum Gasteiger partial charge on any atom is -0.344 e. The van der Waals surface area contributed by atoms with Crippen molar-refractivity contribution >= 4 is 40.2 Å². The van der Waals surface area contributed by atoms with E-state index in [0.717, 1.165) is 32.5 Å². The van der Waals surface area contributed by atoms with Gasteiger partial charge in [-0.2, -0.15) is 0 Å². The highest BCUT2D eigenvalue weighted by Gasteiger charge is 2.22. The lowest BCUT2D eigenvalue weighted by atomic mass is 10.0.